The van der Waals surface area contributed by atoms with Crippen LogP contribution in [0.25, 0.3) is 0 Å². The van der Waals surface area contributed by atoms with E-state index in [2.05, 4.69) is 0 Å². The number of nitrogens with zero attached hydrogens (tertiary/aromatic N) is 2. The van der Waals surface area contributed by atoms with Crippen LogP contribution in [-0.4, -0.2) is 46.7 Å². The van der Waals surface area contributed by atoms with Gasteiger partial charge in [-0.1, -0.05) is 0 Å². The highest BCUT2D eigenvalue weighted by Gasteiger charge is 2.38. The van der Waals surface area contributed by atoms with E-state index in [-0.39, 0.29) is 19.5 Å². The summed E-state index contributed by atoms with van der Waals surface area (Å²) in [6.07, 6.45) is 0.286. The van der Waals surface area contributed by atoms with E-state index < -0.39 is 23.8 Å². The van der Waals surface area contributed by atoms with Gasteiger partial charge < -0.3 is 10.2 Å². The van der Waals surface area contributed by atoms with Gasteiger partial charge in [-0.15, -0.1) is 0 Å². The Morgan fingerprint density at radius 2 is 1.93 bits per heavy atom. The van der Waals surface area contributed by atoms with Crippen molar-refractivity contribution in [2.75, 3.05) is 19.6 Å². The second kappa shape index (κ2) is 4.75. The molecule has 0 bridgehead atoms. The maximum Gasteiger partial charge on any atom is 0.308 e. The van der Waals surface area contributed by atoms with Crippen LogP contribution < -0.4 is 0 Å². The Morgan fingerprint density at radius 3 is 2.40 bits per heavy atom. The van der Waals surface area contributed by atoms with Crippen molar-refractivity contribution in [3.63, 3.8) is 0 Å². The van der Waals surface area contributed by atoms with Crippen LogP contribution in [0.2, 0.25) is 0 Å². The molecule has 0 saturated carbocycles. The molecular weight excluding hydrogens is 200 g/mol. The largest absolute Gasteiger partial charge is 0.481 e. The van der Waals surface area contributed by atoms with Gasteiger partial charge in [-0.05, 0) is 6.42 Å². The van der Waals surface area contributed by atoms with E-state index in [1.807, 2.05) is 6.07 Å². The van der Waals surface area contributed by atoms with Gasteiger partial charge in [0.1, 0.15) is 0 Å². The average molecular weight is 212 g/mol. The van der Waals surface area contributed by atoms with Crippen molar-refractivity contribution in [1.82, 2.24) is 4.90 Å². The quantitative estimate of drug-likeness (QED) is 0.618. The van der Waals surface area contributed by atoms with Gasteiger partial charge in [-0.25, -0.2) is 0 Å². The zero-order valence-electron chi connectivity index (χ0n) is 8.09. The summed E-state index contributed by atoms with van der Waals surface area (Å²) in [6.45, 7) is 0.754. The van der Waals surface area contributed by atoms with E-state index in [1.165, 1.54) is 0 Å². The molecule has 0 aromatic heterocycles. The highest BCUT2D eigenvalue weighted by molar-refractivity contribution is 5.80. The number of piperidine rings is 1. The summed E-state index contributed by atoms with van der Waals surface area (Å²) < 4.78 is 0. The summed E-state index contributed by atoms with van der Waals surface area (Å²) in [5, 5.41) is 26.2. The number of nitriles is 1. The van der Waals surface area contributed by atoms with Crippen molar-refractivity contribution >= 4 is 11.9 Å². The predicted octanol–water partition coefficient (Wildman–Crippen LogP) is -0.383. The Morgan fingerprint density at radius 1 is 1.33 bits per heavy atom. The maximum atomic E-state index is 10.8. The Bertz CT molecular complexity index is 310. The molecular formula is C9H12N2O4. The van der Waals surface area contributed by atoms with Crippen LogP contribution in [0.15, 0.2) is 0 Å². The molecule has 2 unspecified atom stereocenters. The van der Waals surface area contributed by atoms with Crippen LogP contribution in [0.3, 0.4) is 0 Å². The first-order chi connectivity index (χ1) is 7.06. The van der Waals surface area contributed by atoms with Crippen molar-refractivity contribution in [2.24, 2.45) is 11.8 Å². The number of likely N-dealkylation sites (tertiary alicyclic amines) is 1. The van der Waals surface area contributed by atoms with Crippen LogP contribution in [0.4, 0.5) is 0 Å². The van der Waals surface area contributed by atoms with Crippen molar-refractivity contribution in [3.05, 3.63) is 0 Å². The van der Waals surface area contributed by atoms with Gasteiger partial charge in [0.25, 0.3) is 0 Å². The van der Waals surface area contributed by atoms with Crippen LogP contribution in [0.1, 0.15) is 6.42 Å². The molecule has 6 nitrogen and oxygen atoms in total. The topological polar surface area (TPSA) is 102 Å². The monoisotopic (exact) mass is 212 g/mol. The van der Waals surface area contributed by atoms with Crippen LogP contribution >= 0.6 is 0 Å². The third-order valence-electron chi connectivity index (χ3n) is 2.63. The molecule has 2 atom stereocenters. The third-order valence-corrected chi connectivity index (χ3v) is 2.63. The zero-order valence-corrected chi connectivity index (χ0v) is 8.09. The molecule has 0 spiro atoms. The minimum atomic E-state index is -1.11. The Labute approximate surface area is 86.7 Å². The summed E-state index contributed by atoms with van der Waals surface area (Å²) in [5.74, 6) is -3.92. The number of hydrogen-bond donors (Lipinski definition) is 2. The predicted molar refractivity (Wildman–Crippen MR) is 48.9 cm³/mol. The number of carboxylic acids is 2. The fraction of sp³-hybridized carbons (Fsp3) is 0.667. The van der Waals surface area contributed by atoms with Gasteiger partial charge in [0.05, 0.1) is 24.4 Å². The summed E-state index contributed by atoms with van der Waals surface area (Å²) in [5.41, 5.74) is 0. The van der Waals surface area contributed by atoms with E-state index in [9.17, 15) is 9.59 Å². The van der Waals surface area contributed by atoms with Gasteiger partial charge in [0.2, 0.25) is 0 Å². The number of carbonyl (C=O) groups is 2. The van der Waals surface area contributed by atoms with Gasteiger partial charge >= 0.3 is 11.9 Å². The van der Waals surface area contributed by atoms with Crippen molar-refractivity contribution in [3.8, 4) is 6.07 Å². The Kier molecular flexibility index (Phi) is 3.63. The molecule has 1 heterocycles. The molecule has 6 heteroatoms. The second-order valence-electron chi connectivity index (χ2n) is 3.57. The lowest BCUT2D eigenvalue weighted by Gasteiger charge is -2.32. The molecule has 1 aliphatic rings. The first-order valence-corrected chi connectivity index (χ1v) is 4.61. The summed E-state index contributed by atoms with van der Waals surface area (Å²) >= 11 is 0. The summed E-state index contributed by atoms with van der Waals surface area (Å²) in [7, 11) is 0. The zero-order chi connectivity index (χ0) is 11.4. The van der Waals surface area contributed by atoms with E-state index in [4.69, 9.17) is 15.5 Å². The van der Waals surface area contributed by atoms with Gasteiger partial charge in [-0.3, -0.25) is 14.5 Å². The van der Waals surface area contributed by atoms with Crippen molar-refractivity contribution in [1.29, 1.82) is 5.26 Å². The standard InChI is InChI=1S/C9H12N2O4/c10-2-4-11-3-1-6(8(12)13)7(5-11)9(14)15/h6-7H,1,3-5H2,(H,12,13)(H,14,15). The lowest BCUT2D eigenvalue weighted by Crippen LogP contribution is -2.46. The van der Waals surface area contributed by atoms with Crippen LogP contribution in [0.5, 0.6) is 0 Å². The van der Waals surface area contributed by atoms with E-state index >= 15 is 0 Å². The fourth-order valence-corrected chi connectivity index (χ4v) is 1.81. The van der Waals surface area contributed by atoms with Crippen molar-refractivity contribution < 1.29 is 19.8 Å². The molecule has 1 saturated heterocycles. The molecule has 0 aromatic carbocycles. The fourth-order valence-electron chi connectivity index (χ4n) is 1.81. The molecule has 1 aliphatic heterocycles. The molecule has 0 amide bonds. The van der Waals surface area contributed by atoms with Gasteiger partial charge in [-0.2, -0.15) is 5.26 Å². The van der Waals surface area contributed by atoms with Crippen LogP contribution in [-0.2, 0) is 9.59 Å². The minimum absolute atomic E-state index is 0.139. The highest BCUT2D eigenvalue weighted by Crippen LogP contribution is 2.23. The SMILES string of the molecule is N#CCN1CCC(C(=O)O)C(C(=O)O)C1. The molecule has 0 aromatic rings. The lowest BCUT2D eigenvalue weighted by atomic mass is 9.85. The second-order valence-corrected chi connectivity index (χ2v) is 3.57. The van der Waals surface area contributed by atoms with Gasteiger partial charge in [0.15, 0.2) is 0 Å². The van der Waals surface area contributed by atoms with E-state index in [0.717, 1.165) is 0 Å². The van der Waals surface area contributed by atoms with E-state index in [0.29, 0.717) is 6.54 Å². The van der Waals surface area contributed by atoms with E-state index in [1.54, 1.807) is 4.90 Å². The minimum Gasteiger partial charge on any atom is -0.481 e. The third kappa shape index (κ3) is 2.67. The lowest BCUT2D eigenvalue weighted by molar-refractivity contribution is -0.156. The first-order valence-electron chi connectivity index (χ1n) is 4.61. The molecule has 1 fully saturated rings. The van der Waals surface area contributed by atoms with Crippen LogP contribution in [0, 0.1) is 23.2 Å². The first kappa shape index (κ1) is 11.5. The average Bonchev–Trinajstić information content (AvgIpc) is 2.17. The highest BCUT2D eigenvalue weighted by atomic mass is 16.4. The number of hydrogen-bond acceptors (Lipinski definition) is 4. The smallest absolute Gasteiger partial charge is 0.308 e. The van der Waals surface area contributed by atoms with Crippen molar-refractivity contribution in [2.45, 2.75) is 6.42 Å². The molecule has 82 valence electrons. The normalized spacial score (nSPS) is 26.9. The number of carboxylic acid groups (broad SMARTS) is 2. The summed E-state index contributed by atoms with van der Waals surface area (Å²) in [6, 6.07) is 1.93. The van der Waals surface area contributed by atoms with Gasteiger partial charge in [0, 0.05) is 13.1 Å². The Balaban J connectivity index is 2.70. The maximum absolute atomic E-state index is 10.8. The molecule has 0 aliphatic carbocycles. The molecule has 2 N–H and O–H groups in total. The number of aliphatic carboxylic acids is 2. The molecule has 0 radical (unpaired) electrons. The summed E-state index contributed by atoms with van der Waals surface area (Å²) in [4.78, 5) is 23.3. The molecule has 1 rings (SSSR count). The molecule has 15 heavy (non-hydrogen) atoms. The Hall–Kier alpha value is -1.61. The number of rotatable bonds is 3.